The molecule has 0 aromatic heterocycles. The summed E-state index contributed by atoms with van der Waals surface area (Å²) >= 11 is 0. The van der Waals surface area contributed by atoms with E-state index in [1.807, 2.05) is 30.3 Å². The maximum Gasteiger partial charge on any atom is 0.242 e. The monoisotopic (exact) mass is 499 g/mol. The average Bonchev–Trinajstić information content (AvgIpc) is 2.92. The molecule has 9 heteroatoms. The van der Waals surface area contributed by atoms with Gasteiger partial charge in [0.15, 0.2) is 11.5 Å². The van der Waals surface area contributed by atoms with Crippen molar-refractivity contribution in [1.29, 1.82) is 0 Å². The molecule has 0 bridgehead atoms. The summed E-state index contributed by atoms with van der Waals surface area (Å²) in [6.07, 6.45) is 0.127. The first-order chi connectivity index (χ1) is 17.4. The highest BCUT2D eigenvalue weighted by Crippen LogP contribution is 2.28. The van der Waals surface area contributed by atoms with Gasteiger partial charge >= 0.3 is 0 Å². The van der Waals surface area contributed by atoms with E-state index in [0.717, 1.165) is 36.5 Å². The molecule has 2 aromatic carbocycles. The molecule has 0 spiro atoms. The fraction of sp³-hybridized carbons (Fsp3) is 0.481. The maximum atomic E-state index is 13.5. The summed E-state index contributed by atoms with van der Waals surface area (Å²) in [5, 5.41) is 2.99. The van der Waals surface area contributed by atoms with Crippen molar-refractivity contribution in [2.45, 2.75) is 25.9 Å². The van der Waals surface area contributed by atoms with Crippen LogP contribution in [0.4, 0.5) is 0 Å². The number of ether oxygens (including phenoxy) is 4. The van der Waals surface area contributed by atoms with Crippen molar-refractivity contribution < 1.29 is 28.5 Å². The minimum atomic E-state index is -0.649. The van der Waals surface area contributed by atoms with Gasteiger partial charge in [0.25, 0.3) is 0 Å². The molecule has 0 saturated carbocycles. The Bertz CT molecular complexity index is 992. The van der Waals surface area contributed by atoms with E-state index in [1.165, 1.54) is 0 Å². The van der Waals surface area contributed by atoms with Crippen LogP contribution in [-0.4, -0.2) is 88.4 Å². The van der Waals surface area contributed by atoms with Crippen LogP contribution in [0.1, 0.15) is 18.1 Å². The van der Waals surface area contributed by atoms with E-state index < -0.39 is 6.04 Å². The van der Waals surface area contributed by atoms with Gasteiger partial charge in [-0.3, -0.25) is 14.5 Å². The van der Waals surface area contributed by atoms with Crippen LogP contribution in [0.5, 0.6) is 17.2 Å². The molecule has 1 saturated heterocycles. The number of hydrogen-bond acceptors (Lipinski definition) is 7. The van der Waals surface area contributed by atoms with Crippen molar-refractivity contribution in [1.82, 2.24) is 15.1 Å². The normalized spacial score (nSPS) is 14.6. The first-order valence-corrected chi connectivity index (χ1v) is 12.2. The minimum absolute atomic E-state index is 0.127. The van der Waals surface area contributed by atoms with Crippen LogP contribution in [0.3, 0.4) is 0 Å². The van der Waals surface area contributed by atoms with Gasteiger partial charge in [-0.25, -0.2) is 0 Å². The number of amides is 2. The lowest BCUT2D eigenvalue weighted by atomic mass is 10.1. The van der Waals surface area contributed by atoms with E-state index >= 15 is 0 Å². The van der Waals surface area contributed by atoms with E-state index in [0.29, 0.717) is 37.8 Å². The summed E-state index contributed by atoms with van der Waals surface area (Å²) < 4.78 is 21.3. The Morgan fingerprint density at radius 2 is 1.64 bits per heavy atom. The molecule has 36 heavy (non-hydrogen) atoms. The van der Waals surface area contributed by atoms with Crippen molar-refractivity contribution in [2.75, 3.05) is 60.7 Å². The van der Waals surface area contributed by atoms with Gasteiger partial charge in [-0.05, 0) is 42.3 Å². The van der Waals surface area contributed by atoms with Gasteiger partial charge in [0, 0.05) is 32.7 Å². The predicted octanol–water partition coefficient (Wildman–Crippen LogP) is 2.12. The van der Waals surface area contributed by atoms with Crippen molar-refractivity contribution in [3.8, 4) is 17.2 Å². The first-order valence-electron chi connectivity index (χ1n) is 12.2. The minimum Gasteiger partial charge on any atom is -0.497 e. The van der Waals surface area contributed by atoms with Crippen molar-refractivity contribution in [3.05, 3.63) is 53.6 Å². The zero-order valence-corrected chi connectivity index (χ0v) is 21.6. The Hall–Kier alpha value is -3.30. The highest BCUT2D eigenvalue weighted by Gasteiger charge is 2.26. The first kappa shape index (κ1) is 27.3. The van der Waals surface area contributed by atoms with Crippen LogP contribution < -0.4 is 19.5 Å². The smallest absolute Gasteiger partial charge is 0.242 e. The Labute approximate surface area is 213 Å². The number of rotatable bonds is 12. The van der Waals surface area contributed by atoms with Gasteiger partial charge < -0.3 is 29.2 Å². The van der Waals surface area contributed by atoms with E-state index in [1.54, 1.807) is 45.3 Å². The molecule has 1 heterocycles. The number of morpholine rings is 1. The van der Waals surface area contributed by atoms with Crippen LogP contribution >= 0.6 is 0 Å². The molecule has 9 nitrogen and oxygen atoms in total. The molecule has 1 unspecified atom stereocenters. The predicted molar refractivity (Wildman–Crippen MR) is 137 cm³/mol. The van der Waals surface area contributed by atoms with E-state index in [4.69, 9.17) is 18.9 Å². The van der Waals surface area contributed by atoms with Crippen LogP contribution in [0.25, 0.3) is 0 Å². The summed E-state index contributed by atoms with van der Waals surface area (Å²) in [5.74, 6) is 1.54. The zero-order chi connectivity index (χ0) is 25.9. The third kappa shape index (κ3) is 7.60. The van der Waals surface area contributed by atoms with Crippen LogP contribution in [-0.2, 0) is 27.3 Å². The SMILES string of the molecule is COc1ccc(CN(C(=O)Cc2ccc(OC)c(OC)c2)C(C)C(=O)NCCN2CCOCC2)cc1. The van der Waals surface area contributed by atoms with E-state index in [9.17, 15) is 9.59 Å². The molecule has 1 aliphatic rings. The number of carbonyl (C=O) groups excluding carboxylic acids is 2. The highest BCUT2D eigenvalue weighted by atomic mass is 16.5. The molecule has 1 aliphatic heterocycles. The quantitative estimate of drug-likeness (QED) is 0.479. The molecule has 1 N–H and O–H groups in total. The fourth-order valence-corrected chi connectivity index (χ4v) is 4.09. The molecule has 1 fully saturated rings. The molecule has 1 atom stereocenters. The summed E-state index contributed by atoms with van der Waals surface area (Å²) in [6.45, 7) is 6.48. The lowest BCUT2D eigenvalue weighted by Gasteiger charge is -2.30. The Morgan fingerprint density at radius 1 is 0.972 bits per heavy atom. The number of methoxy groups -OCH3 is 3. The molecule has 196 valence electrons. The highest BCUT2D eigenvalue weighted by molar-refractivity contribution is 5.88. The maximum absolute atomic E-state index is 13.5. The average molecular weight is 500 g/mol. The Balaban J connectivity index is 1.71. The number of nitrogens with one attached hydrogen (secondary N) is 1. The second kappa shape index (κ2) is 13.7. The standard InChI is InChI=1S/C27H37N3O6/c1-20(27(32)28-11-12-29-13-15-36-16-14-29)30(19-21-5-8-23(33-2)9-6-21)26(31)18-22-7-10-24(34-3)25(17-22)35-4/h5-10,17,20H,11-16,18-19H2,1-4H3,(H,28,32). The molecule has 2 aromatic rings. The lowest BCUT2D eigenvalue weighted by Crippen LogP contribution is -2.49. The number of hydrogen-bond donors (Lipinski definition) is 1. The summed E-state index contributed by atoms with van der Waals surface area (Å²) in [7, 11) is 4.73. The third-order valence-corrected chi connectivity index (χ3v) is 6.31. The number of benzene rings is 2. The second-order valence-electron chi connectivity index (χ2n) is 8.66. The van der Waals surface area contributed by atoms with Crippen molar-refractivity contribution in [2.24, 2.45) is 0 Å². The van der Waals surface area contributed by atoms with E-state index in [-0.39, 0.29) is 18.2 Å². The zero-order valence-electron chi connectivity index (χ0n) is 21.6. The second-order valence-corrected chi connectivity index (χ2v) is 8.66. The fourth-order valence-electron chi connectivity index (χ4n) is 4.09. The topological polar surface area (TPSA) is 89.6 Å². The molecule has 0 radical (unpaired) electrons. The van der Waals surface area contributed by atoms with Crippen molar-refractivity contribution >= 4 is 11.8 Å². The molecular formula is C27H37N3O6. The van der Waals surface area contributed by atoms with Gasteiger partial charge in [0.1, 0.15) is 11.8 Å². The van der Waals surface area contributed by atoms with Gasteiger partial charge in [-0.1, -0.05) is 18.2 Å². The summed E-state index contributed by atoms with van der Waals surface area (Å²) in [6, 6.07) is 12.2. The van der Waals surface area contributed by atoms with Gasteiger partial charge in [0.2, 0.25) is 11.8 Å². The summed E-state index contributed by atoms with van der Waals surface area (Å²) in [5.41, 5.74) is 1.68. The molecule has 2 amide bonds. The molecule has 0 aliphatic carbocycles. The Kier molecular flexibility index (Phi) is 10.4. The largest absolute Gasteiger partial charge is 0.497 e. The molecule has 3 rings (SSSR count). The number of carbonyl (C=O) groups is 2. The number of nitrogens with zero attached hydrogens (tertiary/aromatic N) is 2. The molecular weight excluding hydrogens is 462 g/mol. The third-order valence-electron chi connectivity index (χ3n) is 6.31. The lowest BCUT2D eigenvalue weighted by molar-refractivity contribution is -0.140. The summed E-state index contributed by atoms with van der Waals surface area (Å²) in [4.78, 5) is 30.4. The van der Waals surface area contributed by atoms with Crippen LogP contribution in [0.2, 0.25) is 0 Å². The van der Waals surface area contributed by atoms with E-state index in [2.05, 4.69) is 10.2 Å². The van der Waals surface area contributed by atoms with Gasteiger partial charge in [0.05, 0.1) is 41.0 Å². The van der Waals surface area contributed by atoms with Crippen molar-refractivity contribution in [3.63, 3.8) is 0 Å². The van der Waals surface area contributed by atoms with Crippen LogP contribution in [0.15, 0.2) is 42.5 Å². The van der Waals surface area contributed by atoms with Crippen LogP contribution in [0, 0.1) is 0 Å². The van der Waals surface area contributed by atoms with Gasteiger partial charge in [-0.15, -0.1) is 0 Å². The Morgan fingerprint density at radius 3 is 2.28 bits per heavy atom. The van der Waals surface area contributed by atoms with Gasteiger partial charge in [-0.2, -0.15) is 0 Å².